The van der Waals surface area contributed by atoms with Crippen LogP contribution in [0.2, 0.25) is 0 Å². The number of carbonyl (C=O) groups excluding carboxylic acids is 1. The number of carbonyl (C=O) groups is 1. The number of ether oxygens (including phenoxy) is 1. The number of nitro benzene ring substituents is 1. The molecule has 0 heterocycles. The van der Waals surface area contributed by atoms with E-state index in [0.717, 1.165) is 7.11 Å². The van der Waals surface area contributed by atoms with Crippen molar-refractivity contribution >= 4 is 17.3 Å². The molecule has 98 valence electrons. The van der Waals surface area contributed by atoms with Crippen molar-refractivity contribution in [2.45, 2.75) is 13.0 Å². The van der Waals surface area contributed by atoms with Crippen molar-refractivity contribution in [1.29, 1.82) is 0 Å². The molecule has 0 aliphatic carbocycles. The minimum atomic E-state index is -0.776. The van der Waals surface area contributed by atoms with Crippen molar-refractivity contribution < 1.29 is 19.6 Å². The average molecular weight is 254 g/mol. The van der Waals surface area contributed by atoms with Crippen LogP contribution in [0.25, 0.3) is 0 Å². The lowest BCUT2D eigenvalue weighted by molar-refractivity contribution is -0.385. The molecule has 2 N–H and O–H groups in total. The Labute approximate surface area is 104 Å². The van der Waals surface area contributed by atoms with E-state index in [0.29, 0.717) is 5.69 Å². The fourth-order valence-electron chi connectivity index (χ4n) is 1.39. The molecule has 0 spiro atoms. The maximum absolute atomic E-state index is 11.4. The monoisotopic (exact) mass is 254 g/mol. The second kappa shape index (κ2) is 5.97. The van der Waals surface area contributed by atoms with Crippen molar-refractivity contribution in [3.05, 3.63) is 33.9 Å². The van der Waals surface area contributed by atoms with E-state index in [9.17, 15) is 14.9 Å². The summed E-state index contributed by atoms with van der Waals surface area (Å²) < 4.78 is 4.49. The average Bonchev–Trinajstić information content (AvgIpc) is 2.37. The summed E-state index contributed by atoms with van der Waals surface area (Å²) in [7, 11) is 1.16. The van der Waals surface area contributed by atoms with Crippen LogP contribution < -0.4 is 5.32 Å². The topological polar surface area (TPSA) is 102 Å². The number of rotatable bonds is 5. The lowest BCUT2D eigenvalue weighted by Gasteiger charge is -2.12. The van der Waals surface area contributed by atoms with Gasteiger partial charge in [-0.1, -0.05) is 0 Å². The number of esters is 1. The van der Waals surface area contributed by atoms with Crippen molar-refractivity contribution in [2.24, 2.45) is 0 Å². The van der Waals surface area contributed by atoms with Gasteiger partial charge in [-0.05, 0) is 19.1 Å². The van der Waals surface area contributed by atoms with Gasteiger partial charge in [-0.25, -0.2) is 4.79 Å². The molecule has 7 nitrogen and oxygen atoms in total. The number of aliphatic hydroxyl groups is 1. The van der Waals surface area contributed by atoms with E-state index in [2.05, 4.69) is 10.1 Å². The fourth-order valence-corrected chi connectivity index (χ4v) is 1.39. The molecular formula is C11H14N2O5. The third-order valence-electron chi connectivity index (χ3n) is 2.29. The number of benzene rings is 1. The highest BCUT2D eigenvalue weighted by atomic mass is 16.6. The lowest BCUT2D eigenvalue weighted by Crippen LogP contribution is -2.19. The summed E-state index contributed by atoms with van der Waals surface area (Å²) in [6.07, 6.45) is 0. The van der Waals surface area contributed by atoms with Gasteiger partial charge < -0.3 is 15.2 Å². The number of nitrogens with one attached hydrogen (secondary N) is 1. The minimum Gasteiger partial charge on any atom is -0.465 e. The molecule has 0 amide bonds. The predicted molar refractivity (Wildman–Crippen MR) is 64.6 cm³/mol. The maximum atomic E-state index is 11.4. The Morgan fingerprint density at radius 2 is 2.28 bits per heavy atom. The molecule has 0 radical (unpaired) electrons. The SMILES string of the molecule is COC(=O)c1cc(N[C@@H](C)CO)ccc1[N+](=O)[O-]. The van der Waals surface area contributed by atoms with Crippen LogP contribution in [0.1, 0.15) is 17.3 Å². The van der Waals surface area contributed by atoms with E-state index in [-0.39, 0.29) is 23.9 Å². The van der Waals surface area contributed by atoms with E-state index in [1.165, 1.54) is 18.2 Å². The van der Waals surface area contributed by atoms with Crippen molar-refractivity contribution in [3.63, 3.8) is 0 Å². The van der Waals surface area contributed by atoms with E-state index in [1.807, 2.05) is 0 Å². The third kappa shape index (κ3) is 3.17. The zero-order valence-electron chi connectivity index (χ0n) is 10.0. The number of hydrogen-bond donors (Lipinski definition) is 2. The van der Waals surface area contributed by atoms with Gasteiger partial charge in [0.25, 0.3) is 5.69 Å². The van der Waals surface area contributed by atoms with Crippen LogP contribution in [0, 0.1) is 10.1 Å². The first-order chi connectivity index (χ1) is 8.49. The zero-order chi connectivity index (χ0) is 13.7. The Balaban J connectivity index is 3.13. The van der Waals surface area contributed by atoms with Crippen LogP contribution in [0.3, 0.4) is 0 Å². The van der Waals surface area contributed by atoms with Crippen molar-refractivity contribution in [3.8, 4) is 0 Å². The highest BCUT2D eigenvalue weighted by Gasteiger charge is 2.21. The smallest absolute Gasteiger partial charge is 0.344 e. The fraction of sp³-hybridized carbons (Fsp3) is 0.364. The highest BCUT2D eigenvalue weighted by molar-refractivity contribution is 5.95. The maximum Gasteiger partial charge on any atom is 0.344 e. The Morgan fingerprint density at radius 1 is 1.61 bits per heavy atom. The quantitative estimate of drug-likeness (QED) is 0.464. The first-order valence-corrected chi connectivity index (χ1v) is 5.23. The van der Waals surface area contributed by atoms with Gasteiger partial charge in [-0.15, -0.1) is 0 Å². The van der Waals surface area contributed by atoms with Gasteiger partial charge in [0.2, 0.25) is 0 Å². The summed E-state index contributed by atoms with van der Waals surface area (Å²) in [5.74, 6) is -0.776. The Kier molecular flexibility index (Phi) is 4.61. The van der Waals surface area contributed by atoms with Crippen LogP contribution in [-0.4, -0.2) is 35.8 Å². The molecule has 0 aliphatic heterocycles. The molecule has 1 aromatic carbocycles. The standard InChI is InChI=1S/C11H14N2O5/c1-7(6-14)12-8-3-4-10(13(16)17)9(5-8)11(15)18-2/h3-5,7,12,14H,6H2,1-2H3/t7-/m0/s1. The van der Waals surface area contributed by atoms with Crippen LogP contribution in [0.4, 0.5) is 11.4 Å². The Morgan fingerprint density at radius 3 is 2.78 bits per heavy atom. The van der Waals surface area contributed by atoms with E-state index >= 15 is 0 Å². The molecule has 0 fully saturated rings. The van der Waals surface area contributed by atoms with Gasteiger partial charge in [-0.3, -0.25) is 10.1 Å². The second-order valence-corrected chi connectivity index (χ2v) is 3.71. The first kappa shape index (κ1) is 13.9. The number of anilines is 1. The van der Waals surface area contributed by atoms with Gasteiger partial charge in [0.15, 0.2) is 0 Å². The number of methoxy groups -OCH3 is 1. The summed E-state index contributed by atoms with van der Waals surface area (Å²) in [6.45, 7) is 1.64. The number of nitrogens with zero attached hydrogens (tertiary/aromatic N) is 1. The van der Waals surface area contributed by atoms with E-state index in [1.54, 1.807) is 6.92 Å². The van der Waals surface area contributed by atoms with E-state index in [4.69, 9.17) is 5.11 Å². The molecule has 0 bridgehead atoms. The Bertz CT molecular complexity index is 461. The first-order valence-electron chi connectivity index (χ1n) is 5.23. The minimum absolute atomic E-state index is 0.0927. The summed E-state index contributed by atoms with van der Waals surface area (Å²) in [4.78, 5) is 21.6. The van der Waals surface area contributed by atoms with Gasteiger partial charge in [0, 0.05) is 17.8 Å². The molecule has 0 aromatic heterocycles. The Hall–Kier alpha value is -2.15. The van der Waals surface area contributed by atoms with Crippen LogP contribution in [0.15, 0.2) is 18.2 Å². The summed E-state index contributed by atoms with van der Waals surface area (Å²) in [6, 6.07) is 3.79. The normalized spacial score (nSPS) is 11.7. The summed E-state index contributed by atoms with van der Waals surface area (Å²) >= 11 is 0. The van der Waals surface area contributed by atoms with Gasteiger partial charge in [-0.2, -0.15) is 0 Å². The number of hydrogen-bond acceptors (Lipinski definition) is 6. The second-order valence-electron chi connectivity index (χ2n) is 3.71. The van der Waals surface area contributed by atoms with Crippen molar-refractivity contribution in [2.75, 3.05) is 19.0 Å². The summed E-state index contributed by atoms with van der Waals surface area (Å²) in [5, 5.41) is 22.6. The van der Waals surface area contributed by atoms with Gasteiger partial charge >= 0.3 is 5.97 Å². The number of aliphatic hydroxyl groups excluding tert-OH is 1. The zero-order valence-corrected chi connectivity index (χ0v) is 10.0. The molecule has 0 aliphatic rings. The molecule has 0 saturated carbocycles. The molecule has 0 unspecified atom stereocenters. The van der Waals surface area contributed by atoms with Gasteiger partial charge in [0.05, 0.1) is 18.6 Å². The summed E-state index contributed by atoms with van der Waals surface area (Å²) in [5.41, 5.74) is 0.0595. The van der Waals surface area contributed by atoms with Crippen LogP contribution in [0.5, 0.6) is 0 Å². The van der Waals surface area contributed by atoms with E-state index < -0.39 is 10.9 Å². The van der Waals surface area contributed by atoms with Crippen molar-refractivity contribution in [1.82, 2.24) is 0 Å². The molecule has 18 heavy (non-hydrogen) atoms. The molecule has 0 saturated heterocycles. The largest absolute Gasteiger partial charge is 0.465 e. The molecule has 1 aromatic rings. The molecular weight excluding hydrogens is 240 g/mol. The molecule has 7 heteroatoms. The van der Waals surface area contributed by atoms with Crippen LogP contribution in [-0.2, 0) is 4.74 Å². The molecule has 1 atom stereocenters. The third-order valence-corrected chi connectivity index (χ3v) is 2.29. The number of nitro groups is 1. The molecule has 1 rings (SSSR count). The lowest BCUT2D eigenvalue weighted by atomic mass is 10.1. The van der Waals surface area contributed by atoms with Gasteiger partial charge in [0.1, 0.15) is 5.56 Å². The highest BCUT2D eigenvalue weighted by Crippen LogP contribution is 2.23. The predicted octanol–water partition coefficient (Wildman–Crippen LogP) is 1.17. The van der Waals surface area contributed by atoms with Crippen LogP contribution >= 0.6 is 0 Å².